The first kappa shape index (κ1) is 16.5. The topological polar surface area (TPSA) is 80.1 Å². The Hall–Kier alpha value is -3.00. The lowest BCUT2D eigenvalue weighted by molar-refractivity contribution is -0.119. The first-order valence-electron chi connectivity index (χ1n) is 8.34. The van der Waals surface area contributed by atoms with Gasteiger partial charge in [-0.3, -0.25) is 9.59 Å². The smallest absolute Gasteiger partial charge is 0.264 e. The third-order valence-corrected chi connectivity index (χ3v) is 5.16. The fourth-order valence-corrected chi connectivity index (χ4v) is 3.73. The summed E-state index contributed by atoms with van der Waals surface area (Å²) in [5.74, 6) is 0.411. The van der Waals surface area contributed by atoms with E-state index in [4.69, 9.17) is 0 Å². The average molecular weight is 367 g/mol. The van der Waals surface area contributed by atoms with E-state index >= 15 is 0 Å². The first-order valence-corrected chi connectivity index (χ1v) is 9.22. The van der Waals surface area contributed by atoms with Crippen LogP contribution in [0.4, 0.5) is 5.69 Å². The summed E-state index contributed by atoms with van der Waals surface area (Å²) >= 11 is 1.39. The summed E-state index contributed by atoms with van der Waals surface area (Å²) in [5, 5.41) is 8.85. The normalized spacial score (nSPS) is 16.6. The second-order valence-corrected chi connectivity index (χ2v) is 6.93. The molecule has 0 aliphatic carbocycles. The van der Waals surface area contributed by atoms with Crippen molar-refractivity contribution in [2.45, 2.75) is 18.9 Å². The molecule has 0 radical (unpaired) electrons. The largest absolute Gasteiger partial charge is 0.326 e. The van der Waals surface area contributed by atoms with E-state index in [9.17, 15) is 9.59 Å². The van der Waals surface area contributed by atoms with Crippen LogP contribution in [0.5, 0.6) is 0 Å². The van der Waals surface area contributed by atoms with Crippen molar-refractivity contribution in [3.8, 4) is 5.82 Å². The number of anilines is 1. The first-order chi connectivity index (χ1) is 12.7. The highest BCUT2D eigenvalue weighted by molar-refractivity contribution is 7.12. The lowest BCUT2D eigenvalue weighted by Gasteiger charge is -2.23. The minimum Gasteiger partial charge on any atom is -0.326 e. The lowest BCUT2D eigenvalue weighted by atomic mass is 10.2. The lowest BCUT2D eigenvalue weighted by Crippen LogP contribution is -2.42. The van der Waals surface area contributed by atoms with Gasteiger partial charge in [0.2, 0.25) is 5.91 Å². The highest BCUT2D eigenvalue weighted by Gasteiger charge is 2.34. The molecule has 1 saturated heterocycles. The number of likely N-dealkylation sites (tertiary alicyclic amines) is 1. The fraction of sp³-hybridized carbons (Fsp3) is 0.222. The summed E-state index contributed by atoms with van der Waals surface area (Å²) in [6, 6.07) is 8.56. The molecule has 3 aromatic heterocycles. The third kappa shape index (κ3) is 3.23. The zero-order chi connectivity index (χ0) is 17.9. The molecule has 3 aromatic rings. The van der Waals surface area contributed by atoms with Gasteiger partial charge in [-0.2, -0.15) is 5.10 Å². The van der Waals surface area contributed by atoms with E-state index in [2.05, 4.69) is 15.4 Å². The second-order valence-electron chi connectivity index (χ2n) is 5.98. The summed E-state index contributed by atoms with van der Waals surface area (Å²) in [5.41, 5.74) is 0.598. The van der Waals surface area contributed by atoms with Crippen LogP contribution < -0.4 is 5.32 Å². The van der Waals surface area contributed by atoms with Crippen molar-refractivity contribution in [2.75, 3.05) is 11.9 Å². The van der Waals surface area contributed by atoms with Crippen molar-refractivity contribution in [1.82, 2.24) is 19.7 Å². The van der Waals surface area contributed by atoms with Crippen molar-refractivity contribution in [1.29, 1.82) is 0 Å². The van der Waals surface area contributed by atoms with Gasteiger partial charge in [-0.15, -0.1) is 11.3 Å². The van der Waals surface area contributed by atoms with Gasteiger partial charge >= 0.3 is 0 Å². The standard InChI is InChI=1S/C18H17N5O2S/c24-17(14-4-1-9-22(14)18(25)15-5-2-11-26-15)21-13-6-7-16(19-12-13)23-10-3-8-20-23/h2-3,5-8,10-12,14H,1,4,9H2,(H,21,24)/t14-/m0/s1. The van der Waals surface area contributed by atoms with Gasteiger partial charge in [0.15, 0.2) is 5.82 Å². The number of carbonyl (C=O) groups is 2. The Labute approximate surface area is 154 Å². The maximum Gasteiger partial charge on any atom is 0.264 e. The molecule has 1 atom stereocenters. The van der Waals surface area contributed by atoms with Crippen LogP contribution in [0.15, 0.2) is 54.3 Å². The number of pyridine rings is 1. The Bertz CT molecular complexity index is 890. The number of amides is 2. The summed E-state index contributed by atoms with van der Waals surface area (Å²) in [6.07, 6.45) is 6.56. The number of nitrogens with one attached hydrogen (secondary N) is 1. The van der Waals surface area contributed by atoms with Crippen molar-refractivity contribution in [3.63, 3.8) is 0 Å². The van der Waals surface area contributed by atoms with Gasteiger partial charge in [-0.1, -0.05) is 6.07 Å². The number of carbonyl (C=O) groups excluding carboxylic acids is 2. The SMILES string of the molecule is O=C(Nc1ccc(-n2cccn2)nc1)[C@@H]1CCCN1C(=O)c1cccs1. The van der Waals surface area contributed by atoms with Gasteiger partial charge in [0.25, 0.3) is 5.91 Å². The number of aromatic nitrogens is 3. The van der Waals surface area contributed by atoms with Gasteiger partial charge in [0, 0.05) is 18.9 Å². The molecule has 8 heteroatoms. The number of hydrogen-bond donors (Lipinski definition) is 1. The Morgan fingerprint density at radius 1 is 1.23 bits per heavy atom. The van der Waals surface area contributed by atoms with Crippen molar-refractivity contribution in [2.24, 2.45) is 0 Å². The second kappa shape index (κ2) is 7.09. The molecule has 2 amide bonds. The monoisotopic (exact) mass is 367 g/mol. The van der Waals surface area contributed by atoms with E-state index in [0.717, 1.165) is 6.42 Å². The Balaban J connectivity index is 1.44. The van der Waals surface area contributed by atoms with Crippen LogP contribution in [0.2, 0.25) is 0 Å². The zero-order valence-corrected chi connectivity index (χ0v) is 14.7. The number of hydrogen-bond acceptors (Lipinski definition) is 5. The van der Waals surface area contributed by atoms with E-state index in [0.29, 0.717) is 29.3 Å². The third-order valence-electron chi connectivity index (χ3n) is 4.30. The van der Waals surface area contributed by atoms with Crippen LogP contribution in [0.3, 0.4) is 0 Å². The molecule has 7 nitrogen and oxygen atoms in total. The predicted octanol–water partition coefficient (Wildman–Crippen LogP) is 2.57. The Morgan fingerprint density at radius 3 is 2.85 bits per heavy atom. The van der Waals surface area contributed by atoms with Crippen LogP contribution in [0.1, 0.15) is 22.5 Å². The highest BCUT2D eigenvalue weighted by Crippen LogP contribution is 2.23. The number of thiophene rings is 1. The summed E-state index contributed by atoms with van der Waals surface area (Å²) in [6.45, 7) is 0.602. The summed E-state index contributed by atoms with van der Waals surface area (Å²) < 4.78 is 1.64. The van der Waals surface area contributed by atoms with Gasteiger partial charge in [0.1, 0.15) is 6.04 Å². The molecule has 1 fully saturated rings. The molecule has 0 spiro atoms. The van der Waals surface area contributed by atoms with Gasteiger partial charge < -0.3 is 10.2 Å². The van der Waals surface area contributed by atoms with Crippen LogP contribution in [0, 0.1) is 0 Å². The van der Waals surface area contributed by atoms with Gasteiger partial charge in [-0.05, 0) is 42.5 Å². The predicted molar refractivity (Wildman–Crippen MR) is 98.4 cm³/mol. The van der Waals surface area contributed by atoms with E-state index in [1.165, 1.54) is 11.3 Å². The maximum absolute atomic E-state index is 12.7. The minimum atomic E-state index is -0.449. The van der Waals surface area contributed by atoms with Crippen LogP contribution in [-0.4, -0.2) is 44.1 Å². The molecule has 26 heavy (non-hydrogen) atoms. The van der Waals surface area contributed by atoms with Crippen LogP contribution in [0.25, 0.3) is 5.82 Å². The average Bonchev–Trinajstić information content (AvgIpc) is 3.44. The Kier molecular flexibility index (Phi) is 4.49. The molecule has 4 heterocycles. The van der Waals surface area contributed by atoms with E-state index < -0.39 is 6.04 Å². The molecule has 0 bridgehead atoms. The van der Waals surface area contributed by atoms with E-state index in [1.807, 2.05) is 17.5 Å². The summed E-state index contributed by atoms with van der Waals surface area (Å²) in [7, 11) is 0. The molecule has 0 aromatic carbocycles. The zero-order valence-electron chi connectivity index (χ0n) is 13.9. The molecular formula is C18H17N5O2S. The molecule has 1 aliphatic heterocycles. The van der Waals surface area contributed by atoms with Crippen LogP contribution >= 0.6 is 11.3 Å². The quantitative estimate of drug-likeness (QED) is 0.769. The molecule has 0 unspecified atom stereocenters. The van der Waals surface area contributed by atoms with Crippen molar-refractivity contribution in [3.05, 3.63) is 59.2 Å². The number of nitrogens with zero attached hydrogens (tertiary/aromatic N) is 4. The van der Waals surface area contributed by atoms with Crippen LogP contribution in [-0.2, 0) is 4.79 Å². The number of rotatable bonds is 4. The highest BCUT2D eigenvalue weighted by atomic mass is 32.1. The van der Waals surface area contributed by atoms with E-state index in [1.54, 1.807) is 46.4 Å². The Morgan fingerprint density at radius 2 is 2.15 bits per heavy atom. The maximum atomic E-state index is 12.7. The minimum absolute atomic E-state index is 0.0789. The van der Waals surface area contributed by atoms with Gasteiger partial charge in [-0.25, -0.2) is 9.67 Å². The molecular weight excluding hydrogens is 350 g/mol. The van der Waals surface area contributed by atoms with Crippen molar-refractivity contribution < 1.29 is 9.59 Å². The summed E-state index contributed by atoms with van der Waals surface area (Å²) in [4.78, 5) is 31.9. The van der Waals surface area contributed by atoms with E-state index in [-0.39, 0.29) is 11.8 Å². The van der Waals surface area contributed by atoms with Crippen molar-refractivity contribution >= 4 is 28.8 Å². The molecule has 132 valence electrons. The molecule has 1 N–H and O–H groups in total. The van der Waals surface area contributed by atoms with Gasteiger partial charge in [0.05, 0.1) is 16.8 Å². The molecule has 4 rings (SSSR count). The molecule has 1 aliphatic rings. The molecule has 0 saturated carbocycles. The fourth-order valence-electron chi connectivity index (χ4n) is 3.05.